The maximum atomic E-state index is 12.6. The Kier molecular flexibility index (Phi) is 5.21. The molecule has 25 heavy (non-hydrogen) atoms. The van der Waals surface area contributed by atoms with Gasteiger partial charge in [-0.1, -0.05) is 0 Å². The number of H-pyrrole nitrogens is 1. The van der Waals surface area contributed by atoms with Crippen molar-refractivity contribution in [1.29, 1.82) is 0 Å². The number of nitrogens with two attached hydrogens (primary N) is 1. The number of rotatable bonds is 4. The molecule has 3 rings (SSSR count). The summed E-state index contributed by atoms with van der Waals surface area (Å²) >= 11 is 0. The lowest BCUT2D eigenvalue weighted by atomic mass is 9.81. The highest BCUT2D eigenvalue weighted by Gasteiger charge is 2.27. The number of anilines is 1. The number of hydrogen-bond acceptors (Lipinski definition) is 3. The number of aliphatic imine (C=N–C) groups is 1. The number of fused-ring (bicyclic) bond motifs is 1. The molecule has 0 spiro atoms. The largest absolute Gasteiger partial charge is 0.370 e. The molecule has 2 aromatic heterocycles. The van der Waals surface area contributed by atoms with Gasteiger partial charge in [0, 0.05) is 44.3 Å². The Balaban J connectivity index is 1.54. The highest BCUT2D eigenvalue weighted by atomic mass is 16.1. The van der Waals surface area contributed by atoms with Crippen LogP contribution in [0.1, 0.15) is 25.7 Å². The number of hydrogen-bond donors (Lipinski definition) is 3. The topological polar surface area (TPSA) is 99.4 Å². The molecule has 0 saturated heterocycles. The number of aromatic amines is 1. The fraction of sp³-hybridized carbons (Fsp3) is 0.500. The molecule has 134 valence electrons. The van der Waals surface area contributed by atoms with Crippen molar-refractivity contribution in [1.82, 2.24) is 14.9 Å². The molecule has 1 saturated carbocycles. The Morgan fingerprint density at radius 2 is 2.16 bits per heavy atom. The lowest BCUT2D eigenvalue weighted by Crippen LogP contribution is -2.39. The van der Waals surface area contributed by atoms with Gasteiger partial charge >= 0.3 is 0 Å². The maximum Gasteiger partial charge on any atom is 0.227 e. The van der Waals surface area contributed by atoms with E-state index < -0.39 is 0 Å². The Morgan fingerprint density at radius 3 is 2.88 bits per heavy atom. The summed E-state index contributed by atoms with van der Waals surface area (Å²) in [7, 11) is 3.67. The van der Waals surface area contributed by atoms with Gasteiger partial charge in [0.2, 0.25) is 5.91 Å². The average Bonchev–Trinajstić information content (AvgIpc) is 3.11. The van der Waals surface area contributed by atoms with Crippen molar-refractivity contribution in [3.8, 4) is 0 Å². The van der Waals surface area contributed by atoms with Crippen molar-refractivity contribution < 1.29 is 4.79 Å². The number of carbonyl (C=O) groups excluding carboxylic acids is 1. The molecule has 1 amide bonds. The van der Waals surface area contributed by atoms with Gasteiger partial charge in [-0.25, -0.2) is 4.98 Å². The first kappa shape index (κ1) is 17.3. The van der Waals surface area contributed by atoms with E-state index in [0.29, 0.717) is 11.9 Å². The lowest BCUT2D eigenvalue weighted by molar-refractivity contribution is -0.121. The summed E-state index contributed by atoms with van der Waals surface area (Å²) in [5.41, 5.74) is 7.45. The van der Waals surface area contributed by atoms with Crippen LogP contribution in [-0.2, 0) is 4.79 Å². The van der Waals surface area contributed by atoms with E-state index in [1.807, 2.05) is 30.3 Å². The molecule has 7 nitrogen and oxygen atoms in total. The number of carbonyl (C=O) groups is 1. The predicted octanol–water partition coefficient (Wildman–Crippen LogP) is 2.18. The molecule has 0 unspecified atom stereocenters. The summed E-state index contributed by atoms with van der Waals surface area (Å²) in [6, 6.07) is 3.78. The molecule has 0 atom stereocenters. The fourth-order valence-electron chi connectivity index (χ4n) is 3.56. The van der Waals surface area contributed by atoms with E-state index in [1.165, 1.54) is 0 Å². The third-order valence-electron chi connectivity index (χ3n) is 5.09. The monoisotopic (exact) mass is 342 g/mol. The molecular weight excluding hydrogens is 316 g/mol. The number of guanidine groups is 1. The summed E-state index contributed by atoms with van der Waals surface area (Å²) in [5, 5.41) is 4.02. The maximum absolute atomic E-state index is 12.6. The van der Waals surface area contributed by atoms with Gasteiger partial charge in [-0.3, -0.25) is 9.79 Å². The summed E-state index contributed by atoms with van der Waals surface area (Å²) in [5.74, 6) is 1.30. The third-order valence-corrected chi connectivity index (χ3v) is 5.09. The first-order valence-corrected chi connectivity index (χ1v) is 8.75. The summed E-state index contributed by atoms with van der Waals surface area (Å²) < 4.78 is 0. The SMILES string of the molecule is CN=C(N)N(C)CC1CCC(C(=O)Nc2ccnc3[nH]ccc23)CC1. The van der Waals surface area contributed by atoms with E-state index in [0.717, 1.165) is 48.9 Å². The van der Waals surface area contributed by atoms with Gasteiger partial charge in [0.1, 0.15) is 5.65 Å². The highest BCUT2D eigenvalue weighted by molar-refractivity contribution is 6.00. The number of pyridine rings is 1. The van der Waals surface area contributed by atoms with Crippen LogP contribution >= 0.6 is 0 Å². The second-order valence-electron chi connectivity index (χ2n) is 6.77. The second kappa shape index (κ2) is 7.55. The standard InChI is InChI=1S/C18H26N6O/c1-20-18(19)24(2)11-12-3-5-13(6-4-12)17(25)23-15-8-10-22-16-14(15)7-9-21-16/h7-10,12-13H,3-6,11H2,1-2H3,(H2,19,20)(H2,21,22,23,25). The van der Waals surface area contributed by atoms with E-state index in [-0.39, 0.29) is 11.8 Å². The zero-order valence-electron chi connectivity index (χ0n) is 14.8. The third kappa shape index (κ3) is 3.92. The van der Waals surface area contributed by atoms with E-state index >= 15 is 0 Å². The Bertz CT molecular complexity index is 760. The Hall–Kier alpha value is -2.57. The van der Waals surface area contributed by atoms with Gasteiger partial charge < -0.3 is 20.9 Å². The molecule has 1 fully saturated rings. The van der Waals surface area contributed by atoms with Gasteiger partial charge in [0.15, 0.2) is 5.96 Å². The van der Waals surface area contributed by atoms with Gasteiger partial charge in [0.25, 0.3) is 0 Å². The van der Waals surface area contributed by atoms with Crippen molar-refractivity contribution in [2.45, 2.75) is 25.7 Å². The van der Waals surface area contributed by atoms with Gasteiger partial charge in [-0.05, 0) is 43.7 Å². The van der Waals surface area contributed by atoms with Crippen LogP contribution < -0.4 is 11.1 Å². The van der Waals surface area contributed by atoms with E-state index in [9.17, 15) is 4.79 Å². The summed E-state index contributed by atoms with van der Waals surface area (Å²) in [6.45, 7) is 0.895. The lowest BCUT2D eigenvalue weighted by Gasteiger charge is -2.31. The molecule has 0 radical (unpaired) electrons. The van der Waals surface area contributed by atoms with Crippen molar-refractivity contribution in [2.75, 3.05) is 26.0 Å². The number of nitrogens with one attached hydrogen (secondary N) is 2. The van der Waals surface area contributed by atoms with Crippen LogP contribution in [0, 0.1) is 11.8 Å². The van der Waals surface area contributed by atoms with Crippen molar-refractivity contribution in [3.05, 3.63) is 24.5 Å². The first-order chi connectivity index (χ1) is 12.1. The molecule has 0 aliphatic heterocycles. The minimum absolute atomic E-state index is 0.0703. The fourth-order valence-corrected chi connectivity index (χ4v) is 3.56. The van der Waals surface area contributed by atoms with Crippen molar-refractivity contribution in [2.24, 2.45) is 22.6 Å². The van der Waals surface area contributed by atoms with Crippen LogP contribution in [0.2, 0.25) is 0 Å². The Morgan fingerprint density at radius 1 is 1.40 bits per heavy atom. The van der Waals surface area contributed by atoms with Gasteiger partial charge in [-0.2, -0.15) is 0 Å². The van der Waals surface area contributed by atoms with Gasteiger partial charge in [-0.15, -0.1) is 0 Å². The molecule has 1 aliphatic rings. The average molecular weight is 342 g/mol. The summed E-state index contributed by atoms with van der Waals surface area (Å²) in [4.78, 5) is 25.9. The number of amides is 1. The zero-order valence-corrected chi connectivity index (χ0v) is 14.8. The van der Waals surface area contributed by atoms with E-state index in [2.05, 4.69) is 20.3 Å². The normalized spacial score (nSPS) is 21.3. The van der Waals surface area contributed by atoms with Crippen LogP contribution in [0.25, 0.3) is 11.0 Å². The first-order valence-electron chi connectivity index (χ1n) is 8.75. The van der Waals surface area contributed by atoms with Crippen molar-refractivity contribution >= 4 is 28.6 Å². The van der Waals surface area contributed by atoms with Crippen LogP contribution in [0.15, 0.2) is 29.5 Å². The molecule has 0 aromatic carbocycles. The van der Waals surface area contributed by atoms with Crippen LogP contribution in [0.3, 0.4) is 0 Å². The summed E-state index contributed by atoms with van der Waals surface area (Å²) in [6.07, 6.45) is 7.44. The minimum atomic E-state index is 0.0703. The molecular formula is C18H26N6O. The van der Waals surface area contributed by atoms with Crippen molar-refractivity contribution in [3.63, 3.8) is 0 Å². The molecule has 0 bridgehead atoms. The van der Waals surface area contributed by atoms with Crippen LogP contribution in [-0.4, -0.2) is 47.4 Å². The smallest absolute Gasteiger partial charge is 0.227 e. The molecule has 2 heterocycles. The molecule has 1 aliphatic carbocycles. The quantitative estimate of drug-likeness (QED) is 0.586. The van der Waals surface area contributed by atoms with E-state index in [1.54, 1.807) is 13.2 Å². The zero-order chi connectivity index (χ0) is 17.8. The van der Waals surface area contributed by atoms with Crippen LogP contribution in [0.5, 0.6) is 0 Å². The number of aromatic nitrogens is 2. The van der Waals surface area contributed by atoms with E-state index in [4.69, 9.17) is 5.73 Å². The van der Waals surface area contributed by atoms with Crippen LogP contribution in [0.4, 0.5) is 5.69 Å². The highest BCUT2D eigenvalue weighted by Crippen LogP contribution is 2.31. The molecule has 4 N–H and O–H groups in total. The number of nitrogens with zero attached hydrogens (tertiary/aromatic N) is 3. The minimum Gasteiger partial charge on any atom is -0.370 e. The second-order valence-corrected chi connectivity index (χ2v) is 6.77. The molecule has 2 aromatic rings. The Labute approximate surface area is 147 Å². The van der Waals surface area contributed by atoms with Gasteiger partial charge in [0.05, 0.1) is 5.69 Å². The predicted molar refractivity (Wildman–Crippen MR) is 100 cm³/mol. The molecule has 7 heteroatoms.